The van der Waals surface area contributed by atoms with Crippen LogP contribution in [0.25, 0.3) is 0 Å². The van der Waals surface area contributed by atoms with E-state index in [1.807, 2.05) is 34.2 Å². The Labute approximate surface area is 141 Å². The molecule has 0 radical (unpaired) electrons. The van der Waals surface area contributed by atoms with E-state index in [2.05, 4.69) is 15.2 Å². The molecule has 0 saturated heterocycles. The molecule has 2 aromatic heterocycles. The van der Waals surface area contributed by atoms with Crippen molar-refractivity contribution in [2.45, 2.75) is 58.5 Å². The Morgan fingerprint density at radius 1 is 1.21 bits per heavy atom. The Morgan fingerprint density at radius 2 is 2.04 bits per heavy atom. The second-order valence-electron chi connectivity index (χ2n) is 6.91. The Bertz CT molecular complexity index is 732. The molecule has 1 fully saturated rings. The number of aryl methyl sites for hydroxylation is 3. The minimum atomic E-state index is 0.190. The minimum Gasteiger partial charge on any atom is -0.340 e. The summed E-state index contributed by atoms with van der Waals surface area (Å²) in [6.45, 7) is 6.85. The van der Waals surface area contributed by atoms with Gasteiger partial charge in [-0.3, -0.25) is 9.48 Å². The van der Waals surface area contributed by atoms with Crippen LogP contribution >= 0.6 is 0 Å². The first kappa shape index (κ1) is 15.4. The van der Waals surface area contributed by atoms with E-state index < -0.39 is 0 Å². The van der Waals surface area contributed by atoms with Gasteiger partial charge in [0.25, 0.3) is 0 Å². The van der Waals surface area contributed by atoms with Crippen molar-refractivity contribution in [2.24, 2.45) is 0 Å². The lowest BCUT2D eigenvalue weighted by molar-refractivity contribution is -0.131. The van der Waals surface area contributed by atoms with Crippen LogP contribution in [0, 0.1) is 13.8 Å². The number of amides is 1. The van der Waals surface area contributed by atoms with Gasteiger partial charge in [-0.15, -0.1) is 0 Å². The molecule has 24 heavy (non-hydrogen) atoms. The van der Waals surface area contributed by atoms with Crippen LogP contribution in [-0.2, 0) is 24.3 Å². The molecule has 0 bridgehead atoms. The fourth-order valence-electron chi connectivity index (χ4n) is 3.34. The number of nitrogens with zero attached hydrogens (tertiary/aromatic N) is 6. The zero-order valence-electron chi connectivity index (χ0n) is 14.4. The van der Waals surface area contributed by atoms with Gasteiger partial charge < -0.3 is 4.90 Å². The second-order valence-corrected chi connectivity index (χ2v) is 6.91. The first-order valence-electron chi connectivity index (χ1n) is 8.82. The largest absolute Gasteiger partial charge is 0.340 e. The lowest BCUT2D eigenvalue weighted by Crippen LogP contribution is -2.34. The molecule has 2 aliphatic rings. The van der Waals surface area contributed by atoms with Gasteiger partial charge in [-0.25, -0.2) is 9.67 Å². The fourth-order valence-corrected chi connectivity index (χ4v) is 3.34. The summed E-state index contributed by atoms with van der Waals surface area (Å²) in [6.07, 6.45) is 3.73. The summed E-state index contributed by atoms with van der Waals surface area (Å²) in [6, 6.07) is 2.04. The number of fused-ring (bicyclic) bond motifs is 1. The molecular formula is C17H24N6O. The molecule has 1 amide bonds. The van der Waals surface area contributed by atoms with Crippen molar-refractivity contribution in [1.29, 1.82) is 0 Å². The van der Waals surface area contributed by atoms with Crippen LogP contribution < -0.4 is 0 Å². The van der Waals surface area contributed by atoms with E-state index in [1.54, 1.807) is 0 Å². The Balaban J connectivity index is 1.34. The van der Waals surface area contributed by atoms with Gasteiger partial charge >= 0.3 is 0 Å². The first-order valence-corrected chi connectivity index (χ1v) is 8.82. The van der Waals surface area contributed by atoms with Gasteiger partial charge in [0.05, 0.1) is 12.2 Å². The molecule has 0 N–H and O–H groups in total. The van der Waals surface area contributed by atoms with Gasteiger partial charge in [0, 0.05) is 44.1 Å². The summed E-state index contributed by atoms with van der Waals surface area (Å²) in [4.78, 5) is 19.2. The molecule has 7 heteroatoms. The maximum Gasteiger partial charge on any atom is 0.224 e. The molecule has 0 atom stereocenters. The van der Waals surface area contributed by atoms with Gasteiger partial charge in [-0.05, 0) is 32.8 Å². The molecule has 3 heterocycles. The van der Waals surface area contributed by atoms with Crippen LogP contribution in [0.3, 0.4) is 0 Å². The fraction of sp³-hybridized carbons (Fsp3) is 0.647. The maximum atomic E-state index is 12.5. The van der Waals surface area contributed by atoms with Gasteiger partial charge in [0.2, 0.25) is 5.91 Å². The summed E-state index contributed by atoms with van der Waals surface area (Å²) in [7, 11) is 0. The van der Waals surface area contributed by atoms with Crippen molar-refractivity contribution in [3.8, 4) is 0 Å². The molecule has 2 aromatic rings. The average molecular weight is 328 g/mol. The van der Waals surface area contributed by atoms with Gasteiger partial charge in [0.15, 0.2) is 5.82 Å². The zero-order chi connectivity index (χ0) is 16.7. The lowest BCUT2D eigenvalue weighted by atomic mass is 10.3. The van der Waals surface area contributed by atoms with Gasteiger partial charge in [0.1, 0.15) is 5.82 Å². The summed E-state index contributed by atoms with van der Waals surface area (Å²) >= 11 is 0. The first-order chi connectivity index (χ1) is 11.6. The highest BCUT2D eigenvalue weighted by Gasteiger charge is 2.30. The summed E-state index contributed by atoms with van der Waals surface area (Å²) in [5.74, 6) is 2.82. The van der Waals surface area contributed by atoms with Crippen LogP contribution in [0.5, 0.6) is 0 Å². The molecule has 0 spiro atoms. The van der Waals surface area contributed by atoms with E-state index in [-0.39, 0.29) is 5.91 Å². The van der Waals surface area contributed by atoms with E-state index in [4.69, 9.17) is 0 Å². The number of rotatable bonds is 4. The summed E-state index contributed by atoms with van der Waals surface area (Å²) < 4.78 is 3.92. The van der Waals surface area contributed by atoms with Crippen molar-refractivity contribution >= 4 is 5.91 Å². The van der Waals surface area contributed by atoms with Crippen molar-refractivity contribution in [3.63, 3.8) is 0 Å². The smallest absolute Gasteiger partial charge is 0.224 e. The molecule has 1 saturated carbocycles. The average Bonchev–Trinajstić information content (AvgIpc) is 3.29. The quantitative estimate of drug-likeness (QED) is 0.852. The van der Waals surface area contributed by atoms with Crippen LogP contribution in [0.2, 0.25) is 0 Å². The maximum absolute atomic E-state index is 12.5. The third-order valence-electron chi connectivity index (χ3n) is 4.89. The highest BCUT2D eigenvalue weighted by molar-refractivity contribution is 5.76. The molecule has 7 nitrogen and oxygen atoms in total. The van der Waals surface area contributed by atoms with Gasteiger partial charge in [-0.1, -0.05) is 0 Å². The molecule has 1 aliphatic carbocycles. The van der Waals surface area contributed by atoms with E-state index in [0.717, 1.165) is 49.1 Å². The van der Waals surface area contributed by atoms with E-state index in [1.165, 1.54) is 12.8 Å². The van der Waals surface area contributed by atoms with E-state index in [9.17, 15) is 4.79 Å². The normalized spacial score (nSPS) is 17.7. The molecule has 0 aromatic carbocycles. The standard InChI is InChI=1S/C17H24N6O/c1-12-11-13(2)22(19-12)8-6-16(24)21-7-5-15-18-17(14-3-4-14)20-23(15)10-9-21/h11,14H,3-10H2,1-2H3. The van der Waals surface area contributed by atoms with Crippen molar-refractivity contribution in [1.82, 2.24) is 29.4 Å². The molecular weight excluding hydrogens is 304 g/mol. The molecule has 0 unspecified atom stereocenters. The Morgan fingerprint density at radius 3 is 2.75 bits per heavy atom. The Kier molecular flexibility index (Phi) is 3.86. The molecule has 128 valence electrons. The van der Waals surface area contributed by atoms with Gasteiger partial charge in [-0.2, -0.15) is 10.2 Å². The minimum absolute atomic E-state index is 0.190. The predicted octanol–water partition coefficient (Wildman–Crippen LogP) is 1.44. The third-order valence-corrected chi connectivity index (χ3v) is 4.89. The van der Waals surface area contributed by atoms with Crippen molar-refractivity contribution < 1.29 is 4.79 Å². The van der Waals surface area contributed by atoms with E-state index >= 15 is 0 Å². The van der Waals surface area contributed by atoms with Crippen LogP contribution in [0.15, 0.2) is 6.07 Å². The number of hydrogen-bond acceptors (Lipinski definition) is 4. The Hall–Kier alpha value is -2.18. The second kappa shape index (κ2) is 6.03. The van der Waals surface area contributed by atoms with Crippen LogP contribution in [-0.4, -0.2) is 48.4 Å². The lowest BCUT2D eigenvalue weighted by Gasteiger charge is -2.20. The number of carbonyl (C=O) groups excluding carboxylic acids is 1. The monoisotopic (exact) mass is 328 g/mol. The van der Waals surface area contributed by atoms with Crippen LogP contribution in [0.4, 0.5) is 0 Å². The number of aromatic nitrogens is 5. The highest BCUT2D eigenvalue weighted by Crippen LogP contribution is 2.38. The summed E-state index contributed by atoms with van der Waals surface area (Å²) in [5, 5.41) is 9.05. The van der Waals surface area contributed by atoms with Crippen LogP contribution in [0.1, 0.15) is 48.2 Å². The van der Waals surface area contributed by atoms with Crippen molar-refractivity contribution in [2.75, 3.05) is 13.1 Å². The topological polar surface area (TPSA) is 68.8 Å². The number of hydrogen-bond donors (Lipinski definition) is 0. The zero-order valence-corrected chi connectivity index (χ0v) is 14.4. The van der Waals surface area contributed by atoms with Crippen molar-refractivity contribution in [3.05, 3.63) is 29.1 Å². The predicted molar refractivity (Wildman–Crippen MR) is 88.6 cm³/mol. The third kappa shape index (κ3) is 3.07. The van der Waals surface area contributed by atoms with E-state index in [0.29, 0.717) is 18.9 Å². The molecule has 4 rings (SSSR count). The number of carbonyl (C=O) groups is 1. The molecule has 1 aliphatic heterocycles. The highest BCUT2D eigenvalue weighted by atomic mass is 16.2. The summed E-state index contributed by atoms with van der Waals surface area (Å²) in [5.41, 5.74) is 2.10. The SMILES string of the molecule is Cc1cc(C)n(CCC(=O)N2CCc3nc(C4CC4)nn3CC2)n1.